The normalized spacial score (nSPS) is 14.3. The molecule has 72 valence electrons. The Bertz CT molecular complexity index is 584. The van der Waals surface area contributed by atoms with Gasteiger partial charge in [0, 0.05) is 12.6 Å². The molecule has 0 saturated heterocycles. The molecule has 2 aromatic rings. The Morgan fingerprint density at radius 2 is 1.93 bits per heavy atom. The van der Waals surface area contributed by atoms with Gasteiger partial charge in [0.05, 0.1) is 11.3 Å². The highest BCUT2D eigenvalue weighted by molar-refractivity contribution is 6.17. The van der Waals surface area contributed by atoms with E-state index in [-0.39, 0.29) is 5.78 Å². The van der Waals surface area contributed by atoms with Crippen LogP contribution in [-0.4, -0.2) is 12.0 Å². The SMILES string of the molecule is O=C1CC=Nc2ccc3ccccc3c21. The van der Waals surface area contributed by atoms with Crippen LogP contribution in [0.1, 0.15) is 16.8 Å². The van der Waals surface area contributed by atoms with E-state index in [1.54, 1.807) is 6.21 Å². The number of rotatable bonds is 0. The highest BCUT2D eigenvalue weighted by Gasteiger charge is 2.16. The van der Waals surface area contributed by atoms with Gasteiger partial charge in [-0.25, -0.2) is 0 Å². The Hall–Kier alpha value is -1.96. The molecule has 0 N–H and O–H groups in total. The minimum atomic E-state index is 0.164. The molecule has 0 unspecified atom stereocenters. The Morgan fingerprint density at radius 3 is 2.87 bits per heavy atom. The van der Waals surface area contributed by atoms with Gasteiger partial charge in [-0.05, 0) is 16.8 Å². The van der Waals surface area contributed by atoms with E-state index >= 15 is 0 Å². The zero-order valence-electron chi connectivity index (χ0n) is 8.10. The van der Waals surface area contributed by atoms with E-state index < -0.39 is 0 Å². The summed E-state index contributed by atoms with van der Waals surface area (Å²) in [4.78, 5) is 16.1. The Kier molecular flexibility index (Phi) is 1.68. The van der Waals surface area contributed by atoms with Gasteiger partial charge in [-0.2, -0.15) is 0 Å². The van der Waals surface area contributed by atoms with E-state index in [0.29, 0.717) is 6.42 Å². The monoisotopic (exact) mass is 195 g/mol. The summed E-state index contributed by atoms with van der Waals surface area (Å²) in [6, 6.07) is 11.8. The average Bonchev–Trinajstić information content (AvgIpc) is 2.29. The van der Waals surface area contributed by atoms with Crippen molar-refractivity contribution in [3.63, 3.8) is 0 Å². The number of hydrogen-bond acceptors (Lipinski definition) is 2. The van der Waals surface area contributed by atoms with Crippen molar-refractivity contribution < 1.29 is 4.79 Å². The number of aliphatic imine (C=N–C) groups is 1. The molecule has 0 saturated carbocycles. The second-order valence-corrected chi connectivity index (χ2v) is 3.62. The topological polar surface area (TPSA) is 29.4 Å². The van der Waals surface area contributed by atoms with Crippen molar-refractivity contribution in [3.05, 3.63) is 42.0 Å². The van der Waals surface area contributed by atoms with E-state index in [2.05, 4.69) is 4.99 Å². The maximum Gasteiger partial charge on any atom is 0.170 e. The fraction of sp³-hybridized carbons (Fsp3) is 0.0769. The summed E-state index contributed by atoms with van der Waals surface area (Å²) in [5, 5.41) is 2.11. The maximum atomic E-state index is 11.8. The third kappa shape index (κ3) is 1.18. The molecule has 0 radical (unpaired) electrons. The number of Topliss-reactive ketones (excluding diaryl/α,β-unsaturated/α-hetero) is 1. The first-order chi connectivity index (χ1) is 7.36. The lowest BCUT2D eigenvalue weighted by Crippen LogP contribution is -2.05. The Labute approximate surface area is 87.3 Å². The quantitative estimate of drug-likeness (QED) is 0.635. The molecule has 2 heteroatoms. The summed E-state index contributed by atoms with van der Waals surface area (Å²) < 4.78 is 0. The smallest absolute Gasteiger partial charge is 0.170 e. The van der Waals surface area contributed by atoms with Crippen molar-refractivity contribution in [2.75, 3.05) is 0 Å². The number of hydrogen-bond donors (Lipinski definition) is 0. The highest BCUT2D eigenvalue weighted by Crippen LogP contribution is 2.31. The van der Waals surface area contributed by atoms with Gasteiger partial charge in [0.15, 0.2) is 5.78 Å². The van der Waals surface area contributed by atoms with Crippen LogP contribution in [0.15, 0.2) is 41.4 Å². The summed E-state index contributed by atoms with van der Waals surface area (Å²) in [6.07, 6.45) is 2.10. The van der Waals surface area contributed by atoms with Gasteiger partial charge in [0.2, 0.25) is 0 Å². The molecule has 0 amide bonds. The number of fused-ring (bicyclic) bond motifs is 3. The maximum absolute atomic E-state index is 11.8. The molecular formula is C13H9NO. The molecule has 0 atom stereocenters. The first-order valence-corrected chi connectivity index (χ1v) is 4.94. The zero-order valence-corrected chi connectivity index (χ0v) is 8.10. The number of carbonyl (C=O) groups excluding carboxylic acids is 1. The minimum absolute atomic E-state index is 0.164. The van der Waals surface area contributed by atoms with Crippen molar-refractivity contribution in [1.29, 1.82) is 0 Å². The predicted octanol–water partition coefficient (Wildman–Crippen LogP) is 3.13. The van der Waals surface area contributed by atoms with Crippen LogP contribution in [0.25, 0.3) is 10.8 Å². The number of carbonyl (C=O) groups is 1. The molecule has 2 aromatic carbocycles. The predicted molar refractivity (Wildman–Crippen MR) is 61.0 cm³/mol. The number of ketones is 1. The van der Waals surface area contributed by atoms with Gasteiger partial charge < -0.3 is 0 Å². The first-order valence-electron chi connectivity index (χ1n) is 4.94. The summed E-state index contributed by atoms with van der Waals surface area (Å²) in [7, 11) is 0. The van der Waals surface area contributed by atoms with E-state index in [9.17, 15) is 4.79 Å². The van der Waals surface area contributed by atoms with Crippen LogP contribution in [0.5, 0.6) is 0 Å². The first kappa shape index (κ1) is 8.36. The fourth-order valence-electron chi connectivity index (χ4n) is 1.99. The van der Waals surface area contributed by atoms with Gasteiger partial charge in [-0.1, -0.05) is 30.3 Å². The second-order valence-electron chi connectivity index (χ2n) is 3.62. The molecule has 0 bridgehead atoms. The van der Waals surface area contributed by atoms with Crippen molar-refractivity contribution >= 4 is 28.5 Å². The third-order valence-corrected chi connectivity index (χ3v) is 2.69. The molecule has 3 rings (SSSR count). The van der Waals surface area contributed by atoms with E-state index in [1.165, 1.54) is 0 Å². The Morgan fingerprint density at radius 1 is 1.07 bits per heavy atom. The molecule has 15 heavy (non-hydrogen) atoms. The second kappa shape index (κ2) is 3.02. The van der Waals surface area contributed by atoms with Gasteiger partial charge in [-0.15, -0.1) is 0 Å². The van der Waals surface area contributed by atoms with Crippen LogP contribution in [0, 0.1) is 0 Å². The fourth-order valence-corrected chi connectivity index (χ4v) is 1.99. The molecule has 0 spiro atoms. The van der Waals surface area contributed by atoms with Crippen LogP contribution >= 0.6 is 0 Å². The van der Waals surface area contributed by atoms with Gasteiger partial charge in [0.25, 0.3) is 0 Å². The molecule has 0 fully saturated rings. The lowest BCUT2D eigenvalue weighted by atomic mass is 9.97. The van der Waals surface area contributed by atoms with Crippen LogP contribution in [-0.2, 0) is 0 Å². The van der Waals surface area contributed by atoms with Crippen LogP contribution in [0.2, 0.25) is 0 Å². The minimum Gasteiger partial charge on any atom is -0.294 e. The van der Waals surface area contributed by atoms with Crippen LogP contribution < -0.4 is 0 Å². The molecule has 0 aliphatic carbocycles. The van der Waals surface area contributed by atoms with Gasteiger partial charge in [-0.3, -0.25) is 9.79 Å². The third-order valence-electron chi connectivity index (χ3n) is 2.69. The van der Waals surface area contributed by atoms with Gasteiger partial charge in [0.1, 0.15) is 0 Å². The van der Waals surface area contributed by atoms with Crippen molar-refractivity contribution in [2.45, 2.75) is 6.42 Å². The standard InChI is InChI=1S/C13H9NO/c15-12-7-8-14-11-6-5-9-3-1-2-4-10(9)13(11)12/h1-6,8H,7H2. The number of nitrogens with zero attached hydrogens (tertiary/aromatic N) is 1. The molecule has 2 nitrogen and oxygen atoms in total. The zero-order chi connectivity index (χ0) is 10.3. The lowest BCUT2D eigenvalue weighted by molar-refractivity contribution is 0.100. The molecule has 0 aromatic heterocycles. The van der Waals surface area contributed by atoms with E-state index in [0.717, 1.165) is 22.0 Å². The van der Waals surface area contributed by atoms with Crippen molar-refractivity contribution in [3.8, 4) is 0 Å². The number of benzene rings is 2. The summed E-state index contributed by atoms with van der Waals surface area (Å²) in [5.74, 6) is 0.164. The van der Waals surface area contributed by atoms with Crippen molar-refractivity contribution in [2.24, 2.45) is 4.99 Å². The molecule has 1 aliphatic rings. The van der Waals surface area contributed by atoms with Crippen LogP contribution in [0.3, 0.4) is 0 Å². The molecule has 1 heterocycles. The highest BCUT2D eigenvalue weighted by atomic mass is 16.1. The lowest BCUT2D eigenvalue weighted by Gasteiger charge is -2.11. The van der Waals surface area contributed by atoms with E-state index in [1.807, 2.05) is 36.4 Å². The van der Waals surface area contributed by atoms with E-state index in [4.69, 9.17) is 0 Å². The summed E-state index contributed by atoms with van der Waals surface area (Å²) >= 11 is 0. The summed E-state index contributed by atoms with van der Waals surface area (Å²) in [6.45, 7) is 0. The molecular weight excluding hydrogens is 186 g/mol. The van der Waals surface area contributed by atoms with Gasteiger partial charge >= 0.3 is 0 Å². The van der Waals surface area contributed by atoms with Crippen LogP contribution in [0.4, 0.5) is 5.69 Å². The van der Waals surface area contributed by atoms with Crippen molar-refractivity contribution in [1.82, 2.24) is 0 Å². The summed E-state index contributed by atoms with van der Waals surface area (Å²) in [5.41, 5.74) is 1.57. The largest absolute Gasteiger partial charge is 0.294 e. The molecule has 1 aliphatic heterocycles. The Balaban J connectivity index is 2.47. The average molecular weight is 195 g/mol.